The molecule has 1 rings (SSSR count). The molecule has 50 valence electrons. The van der Waals surface area contributed by atoms with Crippen LogP contribution in [0.15, 0.2) is 12.7 Å². The summed E-state index contributed by atoms with van der Waals surface area (Å²) < 4.78 is 0. The molecule has 1 N–H and O–H groups in total. The standard InChI is InChI=1S/C7H11NO/c1-3-4-6-5(2)7(9)8-6/h3,5-6H,1,4H2,2H3,(H,8,9). The molecule has 1 heterocycles. The van der Waals surface area contributed by atoms with Gasteiger partial charge in [0.15, 0.2) is 0 Å². The molecule has 1 saturated heterocycles. The molecule has 0 aromatic heterocycles. The smallest absolute Gasteiger partial charge is 0.225 e. The van der Waals surface area contributed by atoms with E-state index < -0.39 is 0 Å². The fourth-order valence-corrected chi connectivity index (χ4v) is 0.968. The minimum Gasteiger partial charge on any atom is -0.352 e. The third kappa shape index (κ3) is 0.969. The van der Waals surface area contributed by atoms with E-state index in [1.807, 2.05) is 13.0 Å². The van der Waals surface area contributed by atoms with Crippen molar-refractivity contribution in [3.05, 3.63) is 12.7 Å². The molecule has 0 aliphatic carbocycles. The predicted molar refractivity (Wildman–Crippen MR) is 35.9 cm³/mol. The van der Waals surface area contributed by atoms with Crippen LogP contribution in [-0.4, -0.2) is 11.9 Å². The molecule has 1 aliphatic rings. The lowest BCUT2D eigenvalue weighted by Crippen LogP contribution is -2.56. The van der Waals surface area contributed by atoms with E-state index in [0.29, 0.717) is 6.04 Å². The molecule has 2 heteroatoms. The van der Waals surface area contributed by atoms with Crippen molar-refractivity contribution in [2.45, 2.75) is 19.4 Å². The van der Waals surface area contributed by atoms with Gasteiger partial charge in [0.25, 0.3) is 0 Å². The highest BCUT2D eigenvalue weighted by Gasteiger charge is 2.33. The van der Waals surface area contributed by atoms with E-state index >= 15 is 0 Å². The Kier molecular flexibility index (Phi) is 1.56. The van der Waals surface area contributed by atoms with Crippen molar-refractivity contribution in [1.29, 1.82) is 0 Å². The molecule has 0 spiro atoms. The van der Waals surface area contributed by atoms with Gasteiger partial charge in [-0.25, -0.2) is 0 Å². The van der Waals surface area contributed by atoms with Gasteiger partial charge in [-0.05, 0) is 6.42 Å². The van der Waals surface area contributed by atoms with Crippen LogP contribution in [0.4, 0.5) is 0 Å². The molecule has 0 saturated carbocycles. The Morgan fingerprint density at radius 1 is 1.89 bits per heavy atom. The van der Waals surface area contributed by atoms with E-state index in [0.717, 1.165) is 6.42 Å². The van der Waals surface area contributed by atoms with E-state index in [-0.39, 0.29) is 11.8 Å². The zero-order chi connectivity index (χ0) is 6.85. The second kappa shape index (κ2) is 2.21. The Balaban J connectivity index is 2.32. The van der Waals surface area contributed by atoms with Crippen LogP contribution >= 0.6 is 0 Å². The molecule has 0 aromatic carbocycles. The van der Waals surface area contributed by atoms with Crippen LogP contribution < -0.4 is 5.32 Å². The van der Waals surface area contributed by atoms with Gasteiger partial charge in [-0.3, -0.25) is 4.79 Å². The second-order valence-electron chi connectivity index (χ2n) is 2.43. The van der Waals surface area contributed by atoms with Gasteiger partial charge < -0.3 is 5.32 Å². The van der Waals surface area contributed by atoms with Gasteiger partial charge in [0.2, 0.25) is 5.91 Å². The summed E-state index contributed by atoms with van der Waals surface area (Å²) in [5, 5.41) is 2.78. The zero-order valence-electron chi connectivity index (χ0n) is 5.55. The monoisotopic (exact) mass is 125 g/mol. The van der Waals surface area contributed by atoms with E-state index in [2.05, 4.69) is 11.9 Å². The van der Waals surface area contributed by atoms with Crippen LogP contribution in [0.3, 0.4) is 0 Å². The quantitative estimate of drug-likeness (QED) is 0.427. The van der Waals surface area contributed by atoms with Gasteiger partial charge in [0.05, 0.1) is 5.92 Å². The average molecular weight is 125 g/mol. The third-order valence-corrected chi connectivity index (χ3v) is 1.77. The summed E-state index contributed by atoms with van der Waals surface area (Å²) in [6.45, 7) is 5.53. The van der Waals surface area contributed by atoms with Crippen LogP contribution in [0.1, 0.15) is 13.3 Å². The molecule has 1 amide bonds. The summed E-state index contributed by atoms with van der Waals surface area (Å²) in [5.74, 6) is 0.366. The van der Waals surface area contributed by atoms with E-state index in [4.69, 9.17) is 0 Å². The number of amides is 1. The molecule has 1 fully saturated rings. The summed E-state index contributed by atoms with van der Waals surface area (Å²) in [4.78, 5) is 10.6. The average Bonchev–Trinajstić information content (AvgIpc) is 1.88. The molecule has 9 heavy (non-hydrogen) atoms. The minimum absolute atomic E-state index is 0.168. The van der Waals surface area contributed by atoms with Gasteiger partial charge in [-0.2, -0.15) is 0 Å². The maximum absolute atomic E-state index is 10.6. The van der Waals surface area contributed by atoms with Crippen molar-refractivity contribution in [3.63, 3.8) is 0 Å². The Morgan fingerprint density at radius 3 is 2.89 bits per heavy atom. The van der Waals surface area contributed by atoms with Crippen LogP contribution in [0, 0.1) is 5.92 Å². The van der Waals surface area contributed by atoms with E-state index in [1.165, 1.54) is 0 Å². The second-order valence-corrected chi connectivity index (χ2v) is 2.43. The van der Waals surface area contributed by atoms with Gasteiger partial charge in [0, 0.05) is 6.04 Å². The normalized spacial score (nSPS) is 32.8. The number of nitrogens with one attached hydrogen (secondary N) is 1. The molecular formula is C7H11NO. The highest BCUT2D eigenvalue weighted by molar-refractivity contribution is 5.85. The topological polar surface area (TPSA) is 29.1 Å². The third-order valence-electron chi connectivity index (χ3n) is 1.77. The molecule has 0 bridgehead atoms. The van der Waals surface area contributed by atoms with Crippen molar-refractivity contribution in [2.24, 2.45) is 5.92 Å². The van der Waals surface area contributed by atoms with Gasteiger partial charge in [-0.15, -0.1) is 6.58 Å². The number of carbonyl (C=O) groups is 1. The van der Waals surface area contributed by atoms with Gasteiger partial charge in [-0.1, -0.05) is 13.0 Å². The van der Waals surface area contributed by atoms with Gasteiger partial charge in [0.1, 0.15) is 0 Å². The molecule has 2 atom stereocenters. The van der Waals surface area contributed by atoms with E-state index in [1.54, 1.807) is 0 Å². The SMILES string of the molecule is C=CCC1NC(=O)C1C. The highest BCUT2D eigenvalue weighted by Crippen LogP contribution is 2.16. The van der Waals surface area contributed by atoms with Crippen LogP contribution in [0.5, 0.6) is 0 Å². The molecular weight excluding hydrogens is 114 g/mol. The first-order valence-corrected chi connectivity index (χ1v) is 3.17. The first-order valence-electron chi connectivity index (χ1n) is 3.17. The number of rotatable bonds is 2. The molecule has 1 aliphatic heterocycles. The van der Waals surface area contributed by atoms with Crippen molar-refractivity contribution in [3.8, 4) is 0 Å². The van der Waals surface area contributed by atoms with Crippen molar-refractivity contribution < 1.29 is 4.79 Å². The summed E-state index contributed by atoms with van der Waals surface area (Å²) >= 11 is 0. The highest BCUT2D eigenvalue weighted by atomic mass is 16.2. The predicted octanol–water partition coefficient (Wildman–Crippen LogP) is 0.697. The van der Waals surface area contributed by atoms with Crippen LogP contribution in [0.2, 0.25) is 0 Å². The lowest BCUT2D eigenvalue weighted by molar-refractivity contribution is -0.133. The summed E-state index contributed by atoms with van der Waals surface area (Å²) in [6.07, 6.45) is 2.73. The van der Waals surface area contributed by atoms with Crippen LogP contribution in [0.25, 0.3) is 0 Å². The Bertz CT molecular complexity index is 140. The lowest BCUT2D eigenvalue weighted by Gasteiger charge is -2.33. The zero-order valence-corrected chi connectivity index (χ0v) is 5.55. The van der Waals surface area contributed by atoms with Gasteiger partial charge >= 0.3 is 0 Å². The first-order chi connectivity index (χ1) is 4.25. The number of hydrogen-bond donors (Lipinski definition) is 1. The van der Waals surface area contributed by atoms with E-state index in [9.17, 15) is 4.79 Å². The summed E-state index contributed by atoms with van der Waals surface area (Å²) in [5.41, 5.74) is 0. The number of hydrogen-bond acceptors (Lipinski definition) is 1. The Morgan fingerprint density at radius 2 is 2.56 bits per heavy atom. The number of carbonyl (C=O) groups excluding carboxylic acids is 1. The largest absolute Gasteiger partial charge is 0.352 e. The fourth-order valence-electron chi connectivity index (χ4n) is 0.968. The fraction of sp³-hybridized carbons (Fsp3) is 0.571. The summed E-state index contributed by atoms with van der Waals surface area (Å²) in [6, 6.07) is 0.356. The Labute approximate surface area is 54.9 Å². The minimum atomic E-state index is 0.168. The maximum Gasteiger partial charge on any atom is 0.225 e. The molecule has 0 radical (unpaired) electrons. The van der Waals surface area contributed by atoms with Crippen molar-refractivity contribution in [2.75, 3.05) is 0 Å². The van der Waals surface area contributed by atoms with Crippen molar-refractivity contribution in [1.82, 2.24) is 5.32 Å². The molecule has 2 nitrogen and oxygen atoms in total. The Hall–Kier alpha value is -0.790. The molecule has 0 aromatic rings. The first kappa shape index (κ1) is 6.33. The summed E-state index contributed by atoms with van der Waals surface area (Å²) in [7, 11) is 0. The van der Waals surface area contributed by atoms with Crippen LogP contribution in [-0.2, 0) is 4.79 Å². The van der Waals surface area contributed by atoms with Crippen molar-refractivity contribution >= 4 is 5.91 Å². The number of β-lactam (4-membered cyclic amide) rings is 1. The molecule has 2 unspecified atom stereocenters. The maximum atomic E-state index is 10.6. The lowest BCUT2D eigenvalue weighted by atomic mass is 9.90.